The van der Waals surface area contributed by atoms with Crippen molar-refractivity contribution in [2.75, 3.05) is 26.2 Å². The van der Waals surface area contributed by atoms with Gasteiger partial charge in [-0.2, -0.15) is 27.4 Å². The lowest BCUT2D eigenvalue weighted by atomic mass is 10.1. The van der Waals surface area contributed by atoms with Crippen molar-refractivity contribution in [2.24, 2.45) is 24.3 Å². The zero-order valence-corrected chi connectivity index (χ0v) is 30.9. The first kappa shape index (κ1) is 34.3. The Morgan fingerprint density at radius 1 is 0.667 bits per heavy atom. The number of hydrogen-bond donors (Lipinski definition) is 1. The van der Waals surface area contributed by atoms with E-state index in [0.717, 1.165) is 42.9 Å². The van der Waals surface area contributed by atoms with Gasteiger partial charge in [-0.3, -0.25) is 14.6 Å². The highest BCUT2D eigenvalue weighted by Gasteiger charge is 2.18. The van der Waals surface area contributed by atoms with Crippen molar-refractivity contribution in [1.82, 2.24) is 19.2 Å². The summed E-state index contributed by atoms with van der Waals surface area (Å²) in [5.74, 6) is 0. The fourth-order valence-electron chi connectivity index (χ4n) is 5.85. The quantitative estimate of drug-likeness (QED) is 0.132. The maximum atomic E-state index is 10.5. The van der Waals surface area contributed by atoms with Gasteiger partial charge >= 0.3 is 9.92 Å². The molecule has 51 heavy (non-hydrogen) atoms. The number of imidazole rings is 2. The van der Waals surface area contributed by atoms with Gasteiger partial charge in [-0.1, -0.05) is 64.6 Å². The summed E-state index contributed by atoms with van der Waals surface area (Å²) >= 11 is 3.49. The van der Waals surface area contributed by atoms with E-state index >= 15 is 0 Å². The van der Waals surface area contributed by atoms with E-state index in [-0.39, 0.29) is 4.90 Å². The Morgan fingerprint density at radius 2 is 1.08 bits per heavy atom. The summed E-state index contributed by atoms with van der Waals surface area (Å²) in [6.45, 7) is 5.25. The van der Waals surface area contributed by atoms with Gasteiger partial charge in [0.05, 0.1) is 57.6 Å². The number of hydrogen-bond acceptors (Lipinski definition) is 8. The number of rotatable bonds is 7. The lowest BCUT2D eigenvalue weighted by Crippen LogP contribution is -2.41. The lowest BCUT2D eigenvalue weighted by Gasteiger charge is -2.31. The minimum absolute atomic E-state index is 0.0666. The molecule has 1 saturated heterocycles. The van der Waals surface area contributed by atoms with Crippen LogP contribution in [0.3, 0.4) is 0 Å². The van der Waals surface area contributed by atoms with E-state index in [0.29, 0.717) is 0 Å². The first-order chi connectivity index (χ1) is 24.6. The second-order valence-corrected chi connectivity index (χ2v) is 15.4. The van der Waals surface area contributed by atoms with E-state index in [1.807, 2.05) is 19.4 Å². The molecule has 5 heterocycles. The van der Waals surface area contributed by atoms with Gasteiger partial charge in [-0.25, -0.2) is 9.13 Å². The highest BCUT2D eigenvalue weighted by atomic mass is 32.2. The van der Waals surface area contributed by atoms with Crippen LogP contribution < -0.4 is 8.80 Å². The third-order valence-corrected chi connectivity index (χ3v) is 11.5. The van der Waals surface area contributed by atoms with Crippen LogP contribution in [0.5, 0.6) is 0 Å². The number of aryl methyl sites for hydroxylation is 3. The second kappa shape index (κ2) is 14.6. The summed E-state index contributed by atoms with van der Waals surface area (Å²) in [7, 11) is 0.208. The van der Waals surface area contributed by atoms with Crippen LogP contribution in [0.2, 0.25) is 0 Å². The van der Waals surface area contributed by atoms with Gasteiger partial charge in [0.1, 0.15) is 24.8 Å². The van der Waals surface area contributed by atoms with E-state index < -0.39 is 10.1 Å². The monoisotopic (exact) mass is 738 g/mol. The van der Waals surface area contributed by atoms with Gasteiger partial charge in [0.25, 0.3) is 10.1 Å². The molecule has 7 aromatic rings. The van der Waals surface area contributed by atoms with Crippen molar-refractivity contribution < 1.29 is 21.8 Å². The zero-order chi connectivity index (χ0) is 35.5. The highest BCUT2D eigenvalue weighted by molar-refractivity contribution is 7.85. The van der Waals surface area contributed by atoms with Crippen LogP contribution in [-0.2, 0) is 24.2 Å². The van der Waals surface area contributed by atoms with Gasteiger partial charge in [0.2, 0.25) is 0 Å². The molecule has 0 bridgehead atoms. The molecule has 260 valence electrons. The Morgan fingerprint density at radius 3 is 1.45 bits per heavy atom. The van der Waals surface area contributed by atoms with Gasteiger partial charge < -0.3 is 0 Å². The highest BCUT2D eigenvalue weighted by Crippen LogP contribution is 2.23. The van der Waals surface area contributed by atoms with Crippen molar-refractivity contribution >= 4 is 55.1 Å². The van der Waals surface area contributed by atoms with Crippen LogP contribution in [0.4, 0.5) is 0 Å². The Balaban J connectivity index is 0.000000318. The molecule has 0 aliphatic carbocycles. The van der Waals surface area contributed by atoms with Crippen LogP contribution in [0.15, 0.2) is 123 Å². The standard InChI is InChI=1S/C30H30N8S2.C7H8O3S/c1-33-27(21-35-15-17-39-29(33)35)25-7-3-23(4-8-25)19-31-37-11-13-38(14-12-37)32-20-24-5-9-26(10-6-24)28-22-36-16-18-40-30(36)34(28)2;1-6-2-4-7(5-3-6)11(8,9)10/h3-10,15-22H,11-14H2,1-2H3;2-5H,1H3,(H,8,9,10)/q+2;. The first-order valence-corrected chi connectivity index (χ1v) is 19.5. The Hall–Kier alpha value is -5.15. The number of aromatic nitrogens is 4. The number of nitrogens with zero attached hydrogens (tertiary/aromatic N) is 8. The molecule has 3 aromatic carbocycles. The number of benzene rings is 3. The van der Waals surface area contributed by atoms with Crippen molar-refractivity contribution in [3.8, 4) is 22.5 Å². The average molecular weight is 739 g/mol. The molecule has 11 nitrogen and oxygen atoms in total. The predicted octanol–water partition coefficient (Wildman–Crippen LogP) is 5.53. The Bertz CT molecular complexity index is 2300. The number of hydrazone groups is 2. The fraction of sp³-hybridized carbons (Fsp3) is 0.189. The van der Waals surface area contributed by atoms with E-state index in [4.69, 9.17) is 14.8 Å². The van der Waals surface area contributed by atoms with Crippen LogP contribution in [0, 0.1) is 6.92 Å². The average Bonchev–Trinajstić information content (AvgIpc) is 3.92. The number of fused-ring (bicyclic) bond motifs is 2. The number of piperazine rings is 1. The molecule has 0 unspecified atom stereocenters. The van der Waals surface area contributed by atoms with Gasteiger partial charge in [0.15, 0.2) is 11.4 Å². The van der Waals surface area contributed by atoms with Gasteiger partial charge in [-0.15, -0.1) is 0 Å². The molecular weight excluding hydrogens is 701 g/mol. The van der Waals surface area contributed by atoms with Crippen molar-refractivity contribution in [1.29, 1.82) is 0 Å². The van der Waals surface area contributed by atoms with Crippen LogP contribution in [0.1, 0.15) is 16.7 Å². The molecule has 1 N–H and O–H groups in total. The molecule has 0 radical (unpaired) electrons. The summed E-state index contributed by atoms with van der Waals surface area (Å²) in [6.07, 6.45) is 12.5. The van der Waals surface area contributed by atoms with E-state index in [9.17, 15) is 8.42 Å². The third-order valence-electron chi connectivity index (χ3n) is 8.76. The molecule has 0 atom stereocenters. The molecule has 4 aromatic heterocycles. The lowest BCUT2D eigenvalue weighted by molar-refractivity contribution is -0.505. The van der Waals surface area contributed by atoms with Crippen LogP contribution in [0.25, 0.3) is 32.4 Å². The molecule has 0 saturated carbocycles. The van der Waals surface area contributed by atoms with Crippen molar-refractivity contribution in [2.45, 2.75) is 11.8 Å². The zero-order valence-electron chi connectivity index (χ0n) is 28.4. The largest absolute Gasteiger partial charge is 0.345 e. The van der Waals surface area contributed by atoms with Gasteiger partial charge in [0, 0.05) is 21.9 Å². The second-order valence-electron chi connectivity index (χ2n) is 12.3. The topological polar surface area (TPSA) is 104 Å². The van der Waals surface area contributed by atoms with Crippen molar-refractivity contribution in [3.63, 3.8) is 0 Å². The summed E-state index contributed by atoms with van der Waals surface area (Å²) in [5, 5.41) is 17.9. The number of thiazole rings is 2. The summed E-state index contributed by atoms with van der Waals surface area (Å²) < 4.78 is 38.4. The van der Waals surface area contributed by atoms with E-state index in [2.05, 4.69) is 126 Å². The Kier molecular flexibility index (Phi) is 9.82. The summed E-state index contributed by atoms with van der Waals surface area (Å²) in [6, 6.07) is 23.2. The van der Waals surface area contributed by atoms with E-state index in [1.165, 1.54) is 44.6 Å². The Labute approximate surface area is 304 Å². The molecule has 1 fully saturated rings. The minimum atomic E-state index is -4.02. The molecule has 0 amide bonds. The maximum Gasteiger partial charge on any atom is 0.345 e. The molecule has 0 spiro atoms. The molecule has 14 heteroatoms. The summed E-state index contributed by atoms with van der Waals surface area (Å²) in [5.41, 5.74) is 7.98. The maximum absolute atomic E-state index is 10.5. The van der Waals surface area contributed by atoms with Crippen LogP contribution >= 0.6 is 22.7 Å². The minimum Gasteiger partial charge on any atom is -0.293 e. The van der Waals surface area contributed by atoms with Crippen LogP contribution in [-0.4, -0.2) is 70.7 Å². The molecule has 1 aliphatic heterocycles. The van der Waals surface area contributed by atoms with E-state index in [1.54, 1.807) is 34.8 Å². The third kappa shape index (κ3) is 7.78. The fourth-order valence-corrected chi connectivity index (χ4v) is 7.94. The first-order valence-electron chi connectivity index (χ1n) is 16.3. The van der Waals surface area contributed by atoms with Gasteiger partial charge in [-0.05, 0) is 54.4 Å². The smallest absolute Gasteiger partial charge is 0.293 e. The molecular formula is C37H38N8O3S3+2. The molecule has 8 rings (SSSR count). The molecule has 1 aliphatic rings. The predicted molar refractivity (Wildman–Crippen MR) is 203 cm³/mol. The normalized spacial score (nSPS) is 13.9. The summed E-state index contributed by atoms with van der Waals surface area (Å²) in [4.78, 5) is 2.39. The SMILES string of the molecule is Cc1ccc(S(=O)(=O)O)cc1.Cn1c(-c2ccc(C=NN3CCN(N=Cc4ccc(-c5c[n+]6ccsc6n5C)cc4)CC3)cc2)c[n+]2ccsc12. The van der Waals surface area contributed by atoms with Crippen molar-refractivity contribution in [3.05, 3.63) is 125 Å².